The first kappa shape index (κ1) is 12.9. The molecule has 4 nitrogen and oxygen atoms in total. The lowest BCUT2D eigenvalue weighted by Crippen LogP contribution is -2.43. The van der Waals surface area contributed by atoms with Crippen LogP contribution < -0.4 is 0 Å². The number of hydrogen-bond acceptors (Lipinski definition) is 4. The van der Waals surface area contributed by atoms with Crippen molar-refractivity contribution < 1.29 is 5.11 Å². The van der Waals surface area contributed by atoms with E-state index in [2.05, 4.69) is 24.0 Å². The van der Waals surface area contributed by atoms with Gasteiger partial charge in [-0.3, -0.25) is 9.58 Å². The minimum absolute atomic E-state index is 0.216. The first-order valence-electron chi connectivity index (χ1n) is 6.20. The Kier molecular flexibility index (Phi) is 4.48. The van der Waals surface area contributed by atoms with Crippen LogP contribution in [-0.4, -0.2) is 50.9 Å². The SMILES string of the molecule is CCCn1cc(C(O)C2CSCCN2C)cn1. The van der Waals surface area contributed by atoms with Crippen LogP contribution in [0.15, 0.2) is 12.4 Å². The average Bonchev–Trinajstić information content (AvgIpc) is 2.78. The van der Waals surface area contributed by atoms with Crippen molar-refractivity contribution in [3.8, 4) is 0 Å². The molecule has 1 aromatic rings. The molecule has 0 saturated carbocycles. The quantitative estimate of drug-likeness (QED) is 0.882. The van der Waals surface area contributed by atoms with E-state index in [0.717, 1.165) is 36.6 Å². The lowest BCUT2D eigenvalue weighted by molar-refractivity contribution is 0.0758. The summed E-state index contributed by atoms with van der Waals surface area (Å²) in [5, 5.41) is 14.7. The van der Waals surface area contributed by atoms with E-state index in [1.54, 1.807) is 6.20 Å². The summed E-state index contributed by atoms with van der Waals surface area (Å²) in [5.74, 6) is 2.16. The van der Waals surface area contributed by atoms with Gasteiger partial charge in [0.2, 0.25) is 0 Å². The van der Waals surface area contributed by atoms with Crippen LogP contribution in [0.2, 0.25) is 0 Å². The van der Waals surface area contributed by atoms with Crippen LogP contribution in [0.25, 0.3) is 0 Å². The Bertz CT molecular complexity index is 355. The second kappa shape index (κ2) is 5.89. The van der Waals surface area contributed by atoms with E-state index in [0.29, 0.717) is 0 Å². The molecule has 0 radical (unpaired) electrons. The second-order valence-corrected chi connectivity index (χ2v) is 5.75. The van der Waals surface area contributed by atoms with Crippen LogP contribution in [0.1, 0.15) is 25.0 Å². The molecule has 5 heteroatoms. The van der Waals surface area contributed by atoms with E-state index >= 15 is 0 Å². The molecule has 1 aliphatic rings. The Balaban J connectivity index is 2.04. The molecule has 1 fully saturated rings. The zero-order valence-electron chi connectivity index (χ0n) is 10.5. The summed E-state index contributed by atoms with van der Waals surface area (Å²) in [4.78, 5) is 2.25. The fourth-order valence-electron chi connectivity index (χ4n) is 2.14. The van der Waals surface area contributed by atoms with E-state index < -0.39 is 6.10 Å². The largest absolute Gasteiger partial charge is 0.387 e. The molecule has 17 heavy (non-hydrogen) atoms. The predicted octanol–water partition coefficient (Wildman–Crippen LogP) is 1.37. The Morgan fingerprint density at radius 3 is 3.18 bits per heavy atom. The van der Waals surface area contributed by atoms with Gasteiger partial charge >= 0.3 is 0 Å². The fraction of sp³-hybridized carbons (Fsp3) is 0.750. The fourth-order valence-corrected chi connectivity index (χ4v) is 3.41. The van der Waals surface area contributed by atoms with Gasteiger partial charge in [0.1, 0.15) is 0 Å². The number of aliphatic hydroxyl groups is 1. The van der Waals surface area contributed by atoms with Gasteiger partial charge in [-0.25, -0.2) is 0 Å². The second-order valence-electron chi connectivity index (χ2n) is 4.60. The predicted molar refractivity (Wildman–Crippen MR) is 71.2 cm³/mol. The lowest BCUT2D eigenvalue weighted by Gasteiger charge is -2.34. The number of likely N-dealkylation sites (N-methyl/N-ethyl adjacent to an activating group) is 1. The van der Waals surface area contributed by atoms with Gasteiger partial charge in [-0.1, -0.05) is 6.92 Å². The molecule has 1 aliphatic heterocycles. The molecule has 2 rings (SSSR count). The van der Waals surface area contributed by atoms with Crippen molar-refractivity contribution >= 4 is 11.8 Å². The van der Waals surface area contributed by atoms with Crippen molar-refractivity contribution in [2.24, 2.45) is 0 Å². The van der Waals surface area contributed by atoms with E-state index in [1.165, 1.54) is 0 Å². The third-order valence-corrected chi connectivity index (χ3v) is 4.30. The van der Waals surface area contributed by atoms with Gasteiger partial charge in [0.15, 0.2) is 0 Å². The van der Waals surface area contributed by atoms with E-state index in [1.807, 2.05) is 22.6 Å². The van der Waals surface area contributed by atoms with Crippen LogP contribution in [0, 0.1) is 0 Å². The van der Waals surface area contributed by atoms with Gasteiger partial charge < -0.3 is 5.11 Å². The number of aromatic nitrogens is 2. The molecule has 0 aliphatic carbocycles. The van der Waals surface area contributed by atoms with Gasteiger partial charge in [0, 0.05) is 42.4 Å². The van der Waals surface area contributed by atoms with Crippen molar-refractivity contribution in [1.29, 1.82) is 0 Å². The molecule has 0 amide bonds. The zero-order valence-corrected chi connectivity index (χ0v) is 11.4. The monoisotopic (exact) mass is 255 g/mol. The molecule has 1 aromatic heterocycles. The first-order chi connectivity index (χ1) is 8.22. The first-order valence-corrected chi connectivity index (χ1v) is 7.36. The number of thioether (sulfide) groups is 1. The molecule has 2 unspecified atom stereocenters. The summed E-state index contributed by atoms with van der Waals surface area (Å²) in [6.45, 7) is 4.10. The molecular weight excluding hydrogens is 234 g/mol. The summed E-state index contributed by atoms with van der Waals surface area (Å²) in [6, 6.07) is 0.216. The minimum atomic E-state index is -0.418. The van der Waals surface area contributed by atoms with Gasteiger partial charge in [0.25, 0.3) is 0 Å². The third-order valence-electron chi connectivity index (χ3n) is 3.26. The van der Waals surface area contributed by atoms with Crippen molar-refractivity contribution in [2.75, 3.05) is 25.1 Å². The van der Waals surface area contributed by atoms with Crippen LogP contribution >= 0.6 is 11.8 Å². The van der Waals surface area contributed by atoms with Crippen molar-refractivity contribution in [2.45, 2.75) is 32.0 Å². The highest BCUT2D eigenvalue weighted by molar-refractivity contribution is 7.99. The van der Waals surface area contributed by atoms with Crippen LogP contribution in [0.4, 0.5) is 0 Å². The maximum Gasteiger partial charge on any atom is 0.0983 e. The maximum absolute atomic E-state index is 10.4. The van der Waals surface area contributed by atoms with E-state index in [-0.39, 0.29) is 6.04 Å². The molecule has 2 heterocycles. The van der Waals surface area contributed by atoms with Crippen LogP contribution in [0.5, 0.6) is 0 Å². The highest BCUT2D eigenvalue weighted by Gasteiger charge is 2.28. The molecular formula is C12H21N3OS. The van der Waals surface area contributed by atoms with Gasteiger partial charge in [-0.15, -0.1) is 0 Å². The Hall–Kier alpha value is -0.520. The van der Waals surface area contributed by atoms with E-state index in [9.17, 15) is 5.11 Å². The Morgan fingerprint density at radius 1 is 1.65 bits per heavy atom. The number of hydrogen-bond donors (Lipinski definition) is 1. The Morgan fingerprint density at radius 2 is 2.47 bits per heavy atom. The van der Waals surface area contributed by atoms with Crippen LogP contribution in [0.3, 0.4) is 0 Å². The molecule has 0 spiro atoms. The third kappa shape index (κ3) is 3.03. The number of rotatable bonds is 4. The topological polar surface area (TPSA) is 41.3 Å². The normalized spacial score (nSPS) is 23.8. The van der Waals surface area contributed by atoms with E-state index in [4.69, 9.17) is 0 Å². The van der Waals surface area contributed by atoms with Crippen molar-refractivity contribution in [1.82, 2.24) is 14.7 Å². The van der Waals surface area contributed by atoms with Crippen LogP contribution in [-0.2, 0) is 6.54 Å². The Labute approximate surface area is 107 Å². The molecule has 1 saturated heterocycles. The van der Waals surface area contributed by atoms with Gasteiger partial charge in [0.05, 0.1) is 12.3 Å². The summed E-state index contributed by atoms with van der Waals surface area (Å²) in [6.07, 6.45) is 4.42. The van der Waals surface area contributed by atoms with Crippen molar-refractivity contribution in [3.63, 3.8) is 0 Å². The van der Waals surface area contributed by atoms with Gasteiger partial charge in [-0.05, 0) is 13.5 Å². The maximum atomic E-state index is 10.4. The number of aryl methyl sites for hydroxylation is 1. The zero-order chi connectivity index (χ0) is 12.3. The van der Waals surface area contributed by atoms with Gasteiger partial charge in [-0.2, -0.15) is 16.9 Å². The minimum Gasteiger partial charge on any atom is -0.387 e. The highest BCUT2D eigenvalue weighted by Crippen LogP contribution is 2.26. The smallest absolute Gasteiger partial charge is 0.0983 e. The molecule has 1 N–H and O–H groups in total. The standard InChI is InChI=1S/C12H21N3OS/c1-3-4-15-8-10(7-13-15)12(16)11-9-17-6-5-14(11)2/h7-8,11-12,16H,3-6,9H2,1-2H3. The lowest BCUT2D eigenvalue weighted by atomic mass is 10.1. The van der Waals surface area contributed by atoms with Crippen molar-refractivity contribution in [3.05, 3.63) is 18.0 Å². The highest BCUT2D eigenvalue weighted by atomic mass is 32.2. The summed E-state index contributed by atoms with van der Waals surface area (Å²) in [7, 11) is 2.09. The number of nitrogens with zero attached hydrogens (tertiary/aromatic N) is 3. The summed E-state index contributed by atoms with van der Waals surface area (Å²) < 4.78 is 1.91. The molecule has 2 atom stereocenters. The average molecular weight is 255 g/mol. The summed E-state index contributed by atoms with van der Waals surface area (Å²) >= 11 is 1.92. The molecule has 0 aromatic carbocycles. The molecule has 96 valence electrons. The summed E-state index contributed by atoms with van der Waals surface area (Å²) in [5.41, 5.74) is 0.942. The molecule has 0 bridgehead atoms. The number of aliphatic hydroxyl groups excluding tert-OH is 1.